The Morgan fingerprint density at radius 3 is 1.88 bits per heavy atom. The van der Waals surface area contributed by atoms with E-state index < -0.39 is 12.6 Å². The van der Waals surface area contributed by atoms with Gasteiger partial charge in [-0.25, -0.2) is 0 Å². The first-order chi connectivity index (χ1) is 12.1. The highest BCUT2D eigenvalue weighted by molar-refractivity contribution is 7.78. The summed E-state index contributed by atoms with van der Waals surface area (Å²) in [6, 6.07) is 19.4. The van der Waals surface area contributed by atoms with Gasteiger partial charge in [0.25, 0.3) is 0 Å². The smallest absolute Gasteiger partial charge is 0.143 e. The molecule has 0 amide bonds. The number of aliphatic hydroxyl groups is 1. The Bertz CT molecular complexity index is 740. The Kier molecular flexibility index (Phi) is 5.42. The summed E-state index contributed by atoms with van der Waals surface area (Å²) in [6.45, 7) is 2.03. The zero-order valence-electron chi connectivity index (χ0n) is 14.6. The summed E-state index contributed by atoms with van der Waals surface area (Å²) in [5.74, 6) is 0.0898. The average molecular weight is 352 g/mol. The molecule has 130 valence electrons. The highest BCUT2D eigenvalue weighted by Gasteiger charge is 2.40. The molecule has 0 spiro atoms. The van der Waals surface area contributed by atoms with Crippen LogP contribution in [0.2, 0.25) is 0 Å². The number of allylic oxidation sites excluding steroid dienone is 4. The van der Waals surface area contributed by atoms with Crippen LogP contribution < -0.4 is 10.6 Å². The van der Waals surface area contributed by atoms with E-state index in [1.54, 1.807) is 0 Å². The summed E-state index contributed by atoms with van der Waals surface area (Å²) in [5, 5.41) is 11.9. The third-order valence-corrected chi connectivity index (χ3v) is 8.49. The third kappa shape index (κ3) is 3.71. The van der Waals surface area contributed by atoms with Gasteiger partial charge in [0.1, 0.15) is 7.14 Å². The fourth-order valence-corrected chi connectivity index (χ4v) is 6.80. The predicted octanol–water partition coefficient (Wildman–Crippen LogP) is 4.13. The Morgan fingerprint density at radius 1 is 0.960 bits per heavy atom. The molecule has 0 saturated heterocycles. The Labute approximate surface area is 150 Å². The van der Waals surface area contributed by atoms with Gasteiger partial charge in [-0.15, -0.1) is 0 Å². The number of benzene rings is 2. The molecule has 25 heavy (non-hydrogen) atoms. The third-order valence-electron chi connectivity index (χ3n) is 5.06. The minimum atomic E-state index is -2.86. The van der Waals surface area contributed by atoms with E-state index in [9.17, 15) is 9.67 Å². The molecule has 0 saturated carbocycles. The molecule has 0 radical (unpaired) electrons. The van der Waals surface area contributed by atoms with Crippen LogP contribution in [0, 0.1) is 11.3 Å². The summed E-state index contributed by atoms with van der Waals surface area (Å²) >= 11 is 0. The largest absolute Gasteiger partial charge is 0.396 e. The topological polar surface area (TPSA) is 37.3 Å². The van der Waals surface area contributed by atoms with Gasteiger partial charge >= 0.3 is 0 Å². The van der Waals surface area contributed by atoms with Crippen molar-refractivity contribution in [1.82, 2.24) is 0 Å². The number of hydrogen-bond acceptors (Lipinski definition) is 2. The Morgan fingerprint density at radius 2 is 1.44 bits per heavy atom. The number of rotatable bonds is 6. The zero-order valence-corrected chi connectivity index (χ0v) is 15.5. The molecule has 2 aromatic rings. The molecule has 0 fully saturated rings. The Hall–Kier alpha value is -1.89. The normalized spacial score (nSPS) is 17.4. The molecule has 0 aromatic heterocycles. The number of aliphatic hydroxyl groups excluding tert-OH is 1. The maximum Gasteiger partial charge on any atom is 0.143 e. The van der Waals surface area contributed by atoms with Gasteiger partial charge in [-0.1, -0.05) is 91.9 Å². The van der Waals surface area contributed by atoms with Crippen molar-refractivity contribution in [3.8, 4) is 0 Å². The van der Waals surface area contributed by atoms with E-state index in [4.69, 9.17) is 0 Å². The van der Waals surface area contributed by atoms with Crippen LogP contribution in [-0.4, -0.2) is 17.9 Å². The highest BCUT2D eigenvalue weighted by Crippen LogP contribution is 2.51. The first kappa shape index (κ1) is 17.9. The molecule has 0 heterocycles. The molecule has 1 aliphatic rings. The zero-order chi connectivity index (χ0) is 17.8. The van der Waals surface area contributed by atoms with E-state index in [0.717, 1.165) is 17.0 Å². The predicted molar refractivity (Wildman–Crippen MR) is 106 cm³/mol. The maximum atomic E-state index is 14.3. The minimum absolute atomic E-state index is 0.00396. The van der Waals surface area contributed by atoms with Gasteiger partial charge in [-0.05, 0) is 6.42 Å². The SMILES string of the molecule is CC(CO)(CP(=O)(c1ccccc1)c1ccccc1)C1C=CCC=C1. The van der Waals surface area contributed by atoms with E-state index in [1.165, 1.54) is 0 Å². The summed E-state index contributed by atoms with van der Waals surface area (Å²) in [4.78, 5) is 0. The Balaban J connectivity index is 2.06. The quantitative estimate of drug-likeness (QED) is 0.627. The van der Waals surface area contributed by atoms with Crippen LogP contribution in [0.15, 0.2) is 85.0 Å². The van der Waals surface area contributed by atoms with Crippen molar-refractivity contribution in [1.29, 1.82) is 0 Å². The summed E-state index contributed by atoms with van der Waals surface area (Å²) in [7, 11) is -2.86. The second-order valence-corrected chi connectivity index (χ2v) is 9.83. The van der Waals surface area contributed by atoms with Gasteiger partial charge in [0.05, 0.1) is 0 Å². The molecule has 1 aliphatic carbocycles. The molecular formula is C22H25O2P. The minimum Gasteiger partial charge on any atom is -0.396 e. The molecular weight excluding hydrogens is 327 g/mol. The molecule has 2 nitrogen and oxygen atoms in total. The van der Waals surface area contributed by atoms with Crippen molar-refractivity contribution in [2.45, 2.75) is 13.3 Å². The number of hydrogen-bond donors (Lipinski definition) is 1. The lowest BCUT2D eigenvalue weighted by molar-refractivity contribution is 0.138. The van der Waals surface area contributed by atoms with E-state index in [1.807, 2.05) is 67.6 Å². The van der Waals surface area contributed by atoms with Crippen LogP contribution in [0.5, 0.6) is 0 Å². The lowest BCUT2D eigenvalue weighted by atomic mass is 9.77. The fourth-order valence-electron chi connectivity index (χ4n) is 3.50. The lowest BCUT2D eigenvalue weighted by Gasteiger charge is -2.37. The van der Waals surface area contributed by atoms with Gasteiger partial charge < -0.3 is 9.67 Å². The standard InChI is InChI=1S/C22H25O2P/c1-22(17-23,19-11-5-2-6-12-19)18-25(24,20-13-7-3-8-14-20)21-15-9-4-10-16-21/h3-16,19,23H,2,17-18H2,1H3. The van der Waals surface area contributed by atoms with Gasteiger partial charge in [-0.2, -0.15) is 0 Å². The first-order valence-electron chi connectivity index (χ1n) is 8.73. The van der Waals surface area contributed by atoms with Gasteiger partial charge in [0.15, 0.2) is 0 Å². The van der Waals surface area contributed by atoms with E-state index in [0.29, 0.717) is 6.16 Å². The van der Waals surface area contributed by atoms with Gasteiger partial charge in [0.2, 0.25) is 0 Å². The van der Waals surface area contributed by atoms with Crippen LogP contribution in [0.1, 0.15) is 13.3 Å². The van der Waals surface area contributed by atoms with Crippen molar-refractivity contribution in [3.63, 3.8) is 0 Å². The summed E-state index contributed by atoms with van der Waals surface area (Å²) in [6.07, 6.45) is 9.87. The van der Waals surface area contributed by atoms with Crippen LogP contribution >= 0.6 is 7.14 Å². The fraction of sp³-hybridized carbons (Fsp3) is 0.273. The van der Waals surface area contributed by atoms with E-state index in [-0.39, 0.29) is 12.5 Å². The molecule has 1 unspecified atom stereocenters. The van der Waals surface area contributed by atoms with Crippen LogP contribution in [0.3, 0.4) is 0 Å². The second kappa shape index (κ2) is 7.56. The summed E-state index contributed by atoms with van der Waals surface area (Å²) < 4.78 is 14.3. The van der Waals surface area contributed by atoms with Crippen molar-refractivity contribution in [2.75, 3.05) is 12.8 Å². The second-order valence-electron chi connectivity index (χ2n) is 7.00. The van der Waals surface area contributed by atoms with Crippen LogP contribution in [0.25, 0.3) is 0 Å². The lowest BCUT2D eigenvalue weighted by Crippen LogP contribution is -2.37. The molecule has 1 N–H and O–H groups in total. The van der Waals surface area contributed by atoms with Crippen molar-refractivity contribution >= 4 is 17.8 Å². The molecule has 0 bridgehead atoms. The van der Waals surface area contributed by atoms with Crippen LogP contribution in [-0.2, 0) is 4.57 Å². The van der Waals surface area contributed by atoms with E-state index >= 15 is 0 Å². The van der Waals surface area contributed by atoms with E-state index in [2.05, 4.69) is 24.3 Å². The van der Waals surface area contributed by atoms with Crippen molar-refractivity contribution in [3.05, 3.63) is 85.0 Å². The molecule has 3 heteroatoms. The molecule has 2 aromatic carbocycles. The van der Waals surface area contributed by atoms with Crippen molar-refractivity contribution in [2.24, 2.45) is 11.3 Å². The molecule has 1 atom stereocenters. The van der Waals surface area contributed by atoms with Gasteiger partial charge in [0, 0.05) is 34.7 Å². The monoisotopic (exact) mass is 352 g/mol. The van der Waals surface area contributed by atoms with Crippen molar-refractivity contribution < 1.29 is 9.67 Å². The first-order valence-corrected chi connectivity index (χ1v) is 10.6. The molecule has 0 aliphatic heterocycles. The molecule has 3 rings (SSSR count). The highest BCUT2D eigenvalue weighted by atomic mass is 31.2. The average Bonchev–Trinajstić information content (AvgIpc) is 2.70. The van der Waals surface area contributed by atoms with Crippen LogP contribution in [0.4, 0.5) is 0 Å². The van der Waals surface area contributed by atoms with Gasteiger partial charge in [-0.3, -0.25) is 0 Å². The maximum absolute atomic E-state index is 14.3. The summed E-state index contributed by atoms with van der Waals surface area (Å²) in [5.41, 5.74) is -0.478.